The molecule has 0 aliphatic heterocycles. The Labute approximate surface area is 78.7 Å². The Morgan fingerprint density at radius 3 is 2.85 bits per heavy atom. The van der Waals surface area contributed by atoms with Crippen molar-refractivity contribution in [3.05, 3.63) is 36.4 Å². The largest absolute Gasteiger partial charge is 0.241 e. The molecule has 0 N–H and O–H groups in total. The minimum absolute atomic E-state index is 0.663. The fourth-order valence-electron chi connectivity index (χ4n) is 1.72. The summed E-state index contributed by atoms with van der Waals surface area (Å²) in [6.07, 6.45) is 13.0. The van der Waals surface area contributed by atoms with Crippen LogP contribution in [0.2, 0.25) is 0 Å². The third kappa shape index (κ3) is 2.38. The van der Waals surface area contributed by atoms with Crippen LogP contribution in [0.1, 0.15) is 25.1 Å². The van der Waals surface area contributed by atoms with E-state index in [1.165, 1.54) is 19.3 Å². The molecular formula is C11H14N2. The molecule has 1 atom stereocenters. The average Bonchev–Trinajstić information content (AvgIpc) is 2.21. The smallest absolute Gasteiger partial charge is 0.128 e. The zero-order valence-electron chi connectivity index (χ0n) is 7.69. The molecule has 0 saturated heterocycles. The molecular weight excluding hydrogens is 160 g/mol. The molecule has 1 aliphatic carbocycles. The molecule has 0 amide bonds. The van der Waals surface area contributed by atoms with Gasteiger partial charge in [-0.3, -0.25) is 0 Å². The van der Waals surface area contributed by atoms with Crippen molar-refractivity contribution in [3.63, 3.8) is 0 Å². The van der Waals surface area contributed by atoms with Gasteiger partial charge in [0, 0.05) is 18.8 Å². The third-order valence-corrected chi connectivity index (χ3v) is 2.42. The van der Waals surface area contributed by atoms with Crippen LogP contribution in [-0.2, 0) is 6.42 Å². The van der Waals surface area contributed by atoms with Gasteiger partial charge >= 0.3 is 0 Å². The molecule has 2 rings (SSSR count). The highest BCUT2D eigenvalue weighted by Crippen LogP contribution is 2.19. The van der Waals surface area contributed by atoms with Gasteiger partial charge in [0.15, 0.2) is 0 Å². The molecule has 2 nitrogen and oxygen atoms in total. The normalized spacial score (nSPS) is 21.7. The van der Waals surface area contributed by atoms with E-state index in [0.29, 0.717) is 5.92 Å². The first-order chi connectivity index (χ1) is 6.45. The summed E-state index contributed by atoms with van der Waals surface area (Å²) >= 11 is 0. The zero-order valence-corrected chi connectivity index (χ0v) is 7.69. The van der Waals surface area contributed by atoms with Crippen LogP contribution in [0.4, 0.5) is 0 Å². The Kier molecular flexibility index (Phi) is 2.70. The van der Waals surface area contributed by atoms with E-state index in [-0.39, 0.29) is 0 Å². The van der Waals surface area contributed by atoms with Crippen molar-refractivity contribution < 1.29 is 0 Å². The molecule has 1 aromatic heterocycles. The van der Waals surface area contributed by atoms with Crippen LogP contribution in [0.5, 0.6) is 0 Å². The minimum Gasteiger partial charge on any atom is -0.241 e. The van der Waals surface area contributed by atoms with E-state index < -0.39 is 0 Å². The molecule has 0 radical (unpaired) electrons. The summed E-state index contributed by atoms with van der Waals surface area (Å²) in [7, 11) is 0. The minimum atomic E-state index is 0.663. The predicted octanol–water partition coefficient (Wildman–Crippen LogP) is 2.38. The van der Waals surface area contributed by atoms with Crippen molar-refractivity contribution >= 4 is 0 Å². The molecule has 68 valence electrons. The molecule has 0 fully saturated rings. The van der Waals surface area contributed by atoms with Gasteiger partial charge in [0.2, 0.25) is 0 Å². The van der Waals surface area contributed by atoms with Gasteiger partial charge in [-0.15, -0.1) is 0 Å². The van der Waals surface area contributed by atoms with Gasteiger partial charge in [0.05, 0.1) is 0 Å². The van der Waals surface area contributed by atoms with Gasteiger partial charge in [-0.1, -0.05) is 12.2 Å². The van der Waals surface area contributed by atoms with Crippen LogP contribution in [0.3, 0.4) is 0 Å². The number of nitrogens with zero attached hydrogens (tertiary/aromatic N) is 2. The predicted molar refractivity (Wildman–Crippen MR) is 52.2 cm³/mol. The van der Waals surface area contributed by atoms with Crippen molar-refractivity contribution in [2.45, 2.75) is 25.7 Å². The summed E-state index contributed by atoms with van der Waals surface area (Å²) in [5.41, 5.74) is 0. The number of hydrogen-bond donors (Lipinski definition) is 0. The zero-order chi connectivity index (χ0) is 8.93. The van der Waals surface area contributed by atoms with E-state index in [1.807, 2.05) is 18.5 Å². The number of allylic oxidation sites excluding steroid dienone is 2. The summed E-state index contributed by atoms with van der Waals surface area (Å²) in [6, 6.07) is 1.86. The lowest BCUT2D eigenvalue weighted by Crippen LogP contribution is -2.07. The Morgan fingerprint density at radius 2 is 2.15 bits per heavy atom. The first-order valence-corrected chi connectivity index (χ1v) is 4.88. The number of hydrogen-bond acceptors (Lipinski definition) is 2. The molecule has 0 spiro atoms. The van der Waals surface area contributed by atoms with Gasteiger partial charge in [-0.25, -0.2) is 9.97 Å². The van der Waals surface area contributed by atoms with E-state index in [0.717, 1.165) is 12.2 Å². The van der Waals surface area contributed by atoms with Crippen LogP contribution < -0.4 is 0 Å². The maximum absolute atomic E-state index is 4.23. The van der Waals surface area contributed by atoms with Crippen LogP contribution in [0.25, 0.3) is 0 Å². The van der Waals surface area contributed by atoms with E-state index in [4.69, 9.17) is 0 Å². The highest BCUT2D eigenvalue weighted by atomic mass is 14.8. The number of aromatic nitrogens is 2. The Morgan fingerprint density at radius 1 is 1.31 bits per heavy atom. The maximum atomic E-state index is 4.23. The lowest BCUT2D eigenvalue weighted by molar-refractivity contribution is 0.526. The van der Waals surface area contributed by atoms with Crippen LogP contribution >= 0.6 is 0 Å². The summed E-state index contributed by atoms with van der Waals surface area (Å²) in [5, 5.41) is 0. The van der Waals surface area contributed by atoms with Gasteiger partial charge in [-0.2, -0.15) is 0 Å². The summed E-state index contributed by atoms with van der Waals surface area (Å²) < 4.78 is 0. The summed E-state index contributed by atoms with van der Waals surface area (Å²) in [4.78, 5) is 8.46. The maximum Gasteiger partial charge on any atom is 0.128 e. The van der Waals surface area contributed by atoms with Gasteiger partial charge in [0.25, 0.3) is 0 Å². The molecule has 0 bridgehead atoms. The lowest BCUT2D eigenvalue weighted by atomic mass is 9.93. The van der Waals surface area contributed by atoms with Crippen molar-refractivity contribution in [1.29, 1.82) is 0 Å². The second-order valence-corrected chi connectivity index (χ2v) is 3.49. The molecule has 0 saturated carbocycles. The third-order valence-electron chi connectivity index (χ3n) is 2.42. The topological polar surface area (TPSA) is 25.8 Å². The highest BCUT2D eigenvalue weighted by Gasteiger charge is 2.09. The first-order valence-electron chi connectivity index (χ1n) is 4.88. The molecule has 1 aromatic rings. The van der Waals surface area contributed by atoms with E-state index in [1.54, 1.807) is 0 Å². The second-order valence-electron chi connectivity index (χ2n) is 3.49. The Balaban J connectivity index is 1.98. The van der Waals surface area contributed by atoms with E-state index in [9.17, 15) is 0 Å². The fourth-order valence-corrected chi connectivity index (χ4v) is 1.72. The Bertz CT molecular complexity index is 279. The van der Waals surface area contributed by atoms with Gasteiger partial charge < -0.3 is 0 Å². The number of rotatable bonds is 2. The SMILES string of the molecule is C1=CC(Cc2ncccn2)CCC1. The monoisotopic (exact) mass is 174 g/mol. The van der Waals surface area contributed by atoms with Gasteiger partial charge in [0.1, 0.15) is 5.82 Å². The summed E-state index contributed by atoms with van der Waals surface area (Å²) in [5.74, 6) is 1.63. The van der Waals surface area contributed by atoms with Crippen LogP contribution in [0, 0.1) is 5.92 Å². The standard InChI is InChI=1S/C11H14N2/c1-2-5-10(6-3-1)9-11-12-7-4-8-13-11/h2,4-5,7-8,10H,1,3,6,9H2. The van der Waals surface area contributed by atoms with Crippen LogP contribution in [0.15, 0.2) is 30.6 Å². The van der Waals surface area contributed by atoms with Crippen molar-refractivity contribution in [2.24, 2.45) is 5.92 Å². The van der Waals surface area contributed by atoms with Crippen molar-refractivity contribution in [1.82, 2.24) is 9.97 Å². The highest BCUT2D eigenvalue weighted by molar-refractivity contribution is 4.99. The quantitative estimate of drug-likeness (QED) is 0.643. The Hall–Kier alpha value is -1.18. The van der Waals surface area contributed by atoms with Crippen molar-refractivity contribution in [3.8, 4) is 0 Å². The molecule has 1 unspecified atom stereocenters. The molecule has 0 aromatic carbocycles. The molecule has 1 aliphatic rings. The molecule has 1 heterocycles. The lowest BCUT2D eigenvalue weighted by Gasteiger charge is -2.14. The fraction of sp³-hybridized carbons (Fsp3) is 0.455. The molecule has 2 heteroatoms. The first kappa shape index (κ1) is 8.42. The second kappa shape index (κ2) is 4.17. The van der Waals surface area contributed by atoms with Gasteiger partial charge in [-0.05, 0) is 31.2 Å². The van der Waals surface area contributed by atoms with Crippen molar-refractivity contribution in [2.75, 3.05) is 0 Å². The average molecular weight is 174 g/mol. The van der Waals surface area contributed by atoms with E-state index >= 15 is 0 Å². The van der Waals surface area contributed by atoms with E-state index in [2.05, 4.69) is 22.1 Å². The van der Waals surface area contributed by atoms with Crippen LogP contribution in [-0.4, -0.2) is 9.97 Å². The summed E-state index contributed by atoms with van der Waals surface area (Å²) in [6.45, 7) is 0. The molecule has 13 heavy (non-hydrogen) atoms.